The molecule has 3 aliphatic rings. The van der Waals surface area contributed by atoms with E-state index < -0.39 is 5.41 Å². The molecule has 180 valence electrons. The fourth-order valence-electron chi connectivity index (χ4n) is 7.31. The third-order valence-corrected chi connectivity index (χ3v) is 9.29. The summed E-state index contributed by atoms with van der Waals surface area (Å²) in [5.74, 6) is 2.11. The first-order valence-electron chi connectivity index (χ1n) is 13.0. The topological polar surface area (TPSA) is 55.4 Å². The molecule has 3 aliphatic carbocycles. The van der Waals surface area contributed by atoms with Gasteiger partial charge in [0, 0.05) is 0 Å². The number of carbonyl (C=O) groups excluding carboxylic acids is 2. The molecule has 4 nitrogen and oxygen atoms in total. The maximum atomic E-state index is 13.8. The SMILES string of the molecule is CCOC(=O)c1ccccc1NC(=O)[C@]1(C)CCC[C@@]2(C)[C@H]1CC=C1CC(C(C)C)CC[C@@H]12. The van der Waals surface area contributed by atoms with Crippen LogP contribution in [0.15, 0.2) is 35.9 Å². The van der Waals surface area contributed by atoms with Crippen LogP contribution >= 0.6 is 0 Å². The van der Waals surface area contributed by atoms with Gasteiger partial charge in [-0.05, 0) is 86.7 Å². The molecule has 4 heteroatoms. The molecule has 4 rings (SSSR count). The molecular weight excluding hydrogens is 410 g/mol. The fraction of sp³-hybridized carbons (Fsp3) is 0.655. The van der Waals surface area contributed by atoms with Crippen LogP contribution in [0.1, 0.15) is 89.9 Å². The number of fused-ring (bicyclic) bond motifs is 3. The molecule has 0 bridgehead atoms. The van der Waals surface area contributed by atoms with Crippen LogP contribution in [-0.4, -0.2) is 18.5 Å². The van der Waals surface area contributed by atoms with Crippen molar-refractivity contribution in [3.8, 4) is 0 Å². The Morgan fingerprint density at radius 2 is 1.91 bits per heavy atom. The minimum absolute atomic E-state index is 0.0443. The lowest BCUT2D eigenvalue weighted by Gasteiger charge is -2.58. The van der Waals surface area contributed by atoms with Crippen molar-refractivity contribution in [3.63, 3.8) is 0 Å². The molecule has 1 aromatic rings. The number of esters is 1. The van der Waals surface area contributed by atoms with Gasteiger partial charge in [0.05, 0.1) is 23.3 Å². The molecule has 1 unspecified atom stereocenters. The molecule has 0 radical (unpaired) electrons. The second-order valence-electron chi connectivity index (χ2n) is 11.4. The normalized spacial score (nSPS) is 33.5. The highest BCUT2D eigenvalue weighted by Crippen LogP contribution is 2.63. The molecule has 0 spiro atoms. The maximum Gasteiger partial charge on any atom is 0.340 e. The Bertz CT molecular complexity index is 935. The molecule has 5 atom stereocenters. The predicted octanol–water partition coefficient (Wildman–Crippen LogP) is 7.02. The van der Waals surface area contributed by atoms with Crippen LogP contribution in [0.3, 0.4) is 0 Å². The summed E-state index contributed by atoms with van der Waals surface area (Å²) >= 11 is 0. The van der Waals surface area contributed by atoms with Crippen LogP contribution < -0.4 is 5.32 Å². The zero-order valence-corrected chi connectivity index (χ0v) is 21.1. The van der Waals surface area contributed by atoms with Crippen molar-refractivity contribution in [2.24, 2.45) is 34.5 Å². The van der Waals surface area contributed by atoms with Crippen molar-refractivity contribution in [1.82, 2.24) is 0 Å². The van der Waals surface area contributed by atoms with Gasteiger partial charge in [-0.1, -0.05) is 57.9 Å². The number of para-hydroxylation sites is 1. The second kappa shape index (κ2) is 9.27. The van der Waals surface area contributed by atoms with Gasteiger partial charge in [0.25, 0.3) is 0 Å². The van der Waals surface area contributed by atoms with E-state index in [0.717, 1.165) is 31.1 Å². The quantitative estimate of drug-likeness (QED) is 0.387. The monoisotopic (exact) mass is 451 g/mol. The molecule has 1 N–H and O–H groups in total. The minimum Gasteiger partial charge on any atom is -0.462 e. The maximum absolute atomic E-state index is 13.8. The minimum atomic E-state index is -0.453. The fourth-order valence-corrected chi connectivity index (χ4v) is 7.31. The van der Waals surface area contributed by atoms with E-state index in [0.29, 0.717) is 29.7 Å². The standard InChI is InChI=1S/C29H41NO3/c1-6-33-26(31)22-10-7-8-11-24(22)30-27(32)29(5)17-9-16-28(4)23-14-12-20(19(2)3)18-21(23)13-15-25(28)29/h7-8,10-11,13,19-20,23,25H,6,9,12,14-18H2,1-5H3,(H,30,32)/t20?,23-,25+,28+,29+/m0/s1. The summed E-state index contributed by atoms with van der Waals surface area (Å²) in [5.41, 5.74) is 2.35. The van der Waals surface area contributed by atoms with Gasteiger partial charge in [-0.2, -0.15) is 0 Å². The average Bonchev–Trinajstić information content (AvgIpc) is 2.79. The van der Waals surface area contributed by atoms with Crippen molar-refractivity contribution < 1.29 is 14.3 Å². The number of hydrogen-bond donors (Lipinski definition) is 1. The third kappa shape index (κ3) is 4.26. The first-order valence-corrected chi connectivity index (χ1v) is 13.0. The average molecular weight is 452 g/mol. The summed E-state index contributed by atoms with van der Waals surface area (Å²) in [6.45, 7) is 11.4. The van der Waals surface area contributed by atoms with Crippen molar-refractivity contribution in [3.05, 3.63) is 41.5 Å². The zero-order valence-electron chi connectivity index (χ0n) is 21.1. The number of rotatable bonds is 5. The summed E-state index contributed by atoms with van der Waals surface area (Å²) in [6, 6.07) is 7.20. The van der Waals surface area contributed by atoms with E-state index in [1.165, 1.54) is 25.7 Å². The molecule has 0 aliphatic heterocycles. The van der Waals surface area contributed by atoms with Gasteiger partial charge < -0.3 is 10.1 Å². The second-order valence-corrected chi connectivity index (χ2v) is 11.4. The zero-order chi connectivity index (χ0) is 23.8. The summed E-state index contributed by atoms with van der Waals surface area (Å²) in [5, 5.41) is 3.14. The van der Waals surface area contributed by atoms with E-state index in [9.17, 15) is 9.59 Å². The van der Waals surface area contributed by atoms with Gasteiger partial charge in [-0.15, -0.1) is 0 Å². The Balaban J connectivity index is 1.60. The van der Waals surface area contributed by atoms with Crippen molar-refractivity contribution in [2.75, 3.05) is 11.9 Å². The first-order chi connectivity index (χ1) is 15.7. The Labute approximate surface area is 199 Å². The van der Waals surface area contributed by atoms with Crippen LogP contribution in [0.4, 0.5) is 5.69 Å². The number of amides is 1. The first kappa shape index (κ1) is 24.0. The molecule has 2 saturated carbocycles. The summed E-state index contributed by atoms with van der Waals surface area (Å²) < 4.78 is 5.21. The van der Waals surface area contributed by atoms with Crippen molar-refractivity contribution >= 4 is 17.6 Å². The van der Waals surface area contributed by atoms with E-state index in [1.54, 1.807) is 18.6 Å². The highest BCUT2D eigenvalue weighted by atomic mass is 16.5. The van der Waals surface area contributed by atoms with Gasteiger partial charge in [0.15, 0.2) is 0 Å². The molecule has 2 fully saturated rings. The van der Waals surface area contributed by atoms with E-state index in [4.69, 9.17) is 4.74 Å². The van der Waals surface area contributed by atoms with Crippen LogP contribution in [0, 0.1) is 34.5 Å². The van der Waals surface area contributed by atoms with E-state index in [-0.39, 0.29) is 17.3 Å². The van der Waals surface area contributed by atoms with E-state index in [2.05, 4.69) is 39.1 Å². The van der Waals surface area contributed by atoms with Gasteiger partial charge >= 0.3 is 5.97 Å². The van der Waals surface area contributed by atoms with Crippen LogP contribution in [-0.2, 0) is 9.53 Å². The summed E-state index contributed by atoms with van der Waals surface area (Å²) in [6.07, 6.45) is 10.4. The Morgan fingerprint density at radius 1 is 1.15 bits per heavy atom. The smallest absolute Gasteiger partial charge is 0.340 e. The summed E-state index contributed by atoms with van der Waals surface area (Å²) in [4.78, 5) is 26.3. The van der Waals surface area contributed by atoms with E-state index >= 15 is 0 Å². The van der Waals surface area contributed by atoms with Gasteiger partial charge in [-0.3, -0.25) is 4.79 Å². The van der Waals surface area contributed by atoms with Gasteiger partial charge in [-0.25, -0.2) is 4.79 Å². The highest BCUT2D eigenvalue weighted by Gasteiger charge is 2.57. The lowest BCUT2D eigenvalue weighted by molar-refractivity contribution is -0.139. The number of nitrogens with one attached hydrogen (secondary N) is 1. The molecule has 1 aromatic carbocycles. The van der Waals surface area contributed by atoms with E-state index in [1.807, 2.05) is 18.2 Å². The Morgan fingerprint density at radius 3 is 2.64 bits per heavy atom. The van der Waals surface area contributed by atoms with Crippen LogP contribution in [0.2, 0.25) is 0 Å². The number of ether oxygens (including phenoxy) is 1. The van der Waals surface area contributed by atoms with Crippen molar-refractivity contribution in [1.29, 1.82) is 0 Å². The number of anilines is 1. The van der Waals surface area contributed by atoms with Gasteiger partial charge in [0.1, 0.15) is 0 Å². The lowest BCUT2D eigenvalue weighted by Crippen LogP contribution is -2.54. The molecule has 0 aromatic heterocycles. The number of benzene rings is 1. The molecule has 0 heterocycles. The van der Waals surface area contributed by atoms with Crippen LogP contribution in [0.5, 0.6) is 0 Å². The summed E-state index contributed by atoms with van der Waals surface area (Å²) in [7, 11) is 0. The molecule has 33 heavy (non-hydrogen) atoms. The highest BCUT2D eigenvalue weighted by molar-refractivity contribution is 6.03. The molecular formula is C29H41NO3. The van der Waals surface area contributed by atoms with Crippen LogP contribution in [0.25, 0.3) is 0 Å². The largest absolute Gasteiger partial charge is 0.462 e. The molecule has 0 saturated heterocycles. The number of hydrogen-bond acceptors (Lipinski definition) is 3. The number of carbonyl (C=O) groups is 2. The lowest BCUT2D eigenvalue weighted by atomic mass is 9.46. The number of allylic oxidation sites excluding steroid dienone is 2. The Hall–Kier alpha value is -2.10. The van der Waals surface area contributed by atoms with Gasteiger partial charge in [0.2, 0.25) is 5.91 Å². The van der Waals surface area contributed by atoms with Crippen molar-refractivity contribution in [2.45, 2.75) is 79.6 Å². The Kier molecular flexibility index (Phi) is 6.75. The molecule has 1 amide bonds. The predicted molar refractivity (Wildman–Crippen MR) is 133 cm³/mol. The third-order valence-electron chi connectivity index (χ3n) is 9.29.